The van der Waals surface area contributed by atoms with Gasteiger partial charge in [-0.3, -0.25) is 4.79 Å². The number of amides is 1. The molecule has 0 fully saturated rings. The van der Waals surface area contributed by atoms with Crippen LogP contribution in [0.15, 0.2) is 22.7 Å². The van der Waals surface area contributed by atoms with E-state index >= 15 is 0 Å². The molecular weight excluding hydrogens is 347 g/mol. The molecule has 0 saturated carbocycles. The molecule has 0 atom stereocenters. The fraction of sp³-hybridized carbons (Fsp3) is 0.250. The van der Waals surface area contributed by atoms with Crippen molar-refractivity contribution in [1.82, 2.24) is 10.2 Å². The van der Waals surface area contributed by atoms with Crippen molar-refractivity contribution < 1.29 is 9.18 Å². The maximum absolute atomic E-state index is 13.6. The number of aromatic nitrogens is 2. The maximum atomic E-state index is 13.6. The predicted octanol–water partition coefficient (Wildman–Crippen LogP) is 3.51. The Hall–Kier alpha value is -1.54. The molecule has 0 unspecified atom stereocenters. The Labute approximate surface area is 127 Å². The summed E-state index contributed by atoms with van der Waals surface area (Å²) in [6.45, 7) is 2.79. The summed E-state index contributed by atoms with van der Waals surface area (Å²) in [5.74, 6) is -0.991. The van der Waals surface area contributed by atoms with E-state index in [0.29, 0.717) is 9.60 Å². The summed E-state index contributed by atoms with van der Waals surface area (Å²) >= 11 is 4.29. The van der Waals surface area contributed by atoms with Gasteiger partial charge in [-0.15, -0.1) is 10.2 Å². The van der Waals surface area contributed by atoms with Crippen molar-refractivity contribution in [3.63, 3.8) is 0 Å². The van der Waals surface area contributed by atoms with E-state index in [9.17, 15) is 9.18 Å². The van der Waals surface area contributed by atoms with Crippen LogP contribution < -0.4 is 10.6 Å². The highest BCUT2D eigenvalue weighted by Gasteiger charge is 2.14. The van der Waals surface area contributed by atoms with E-state index in [0.717, 1.165) is 24.3 Å². The predicted molar refractivity (Wildman–Crippen MR) is 80.7 cm³/mol. The Bertz CT molecular complexity index is 619. The lowest BCUT2D eigenvalue weighted by molar-refractivity contribution is 0.102. The first-order valence-electron chi connectivity index (χ1n) is 5.94. The number of halogens is 2. The van der Waals surface area contributed by atoms with Crippen molar-refractivity contribution in [2.45, 2.75) is 13.3 Å². The molecule has 8 heteroatoms. The number of carbonyl (C=O) groups is 1. The third kappa shape index (κ3) is 3.73. The second kappa shape index (κ2) is 6.76. The van der Waals surface area contributed by atoms with E-state index in [1.807, 2.05) is 6.92 Å². The Morgan fingerprint density at radius 3 is 2.95 bits per heavy atom. The van der Waals surface area contributed by atoms with E-state index < -0.39 is 11.7 Å². The van der Waals surface area contributed by atoms with Crippen molar-refractivity contribution in [2.75, 3.05) is 17.2 Å². The molecule has 2 rings (SSSR count). The minimum atomic E-state index is -0.512. The smallest absolute Gasteiger partial charge is 0.286 e. The summed E-state index contributed by atoms with van der Waals surface area (Å²) in [5, 5.41) is 13.9. The molecule has 1 aromatic heterocycles. The second-order valence-electron chi connectivity index (χ2n) is 3.92. The lowest BCUT2D eigenvalue weighted by Crippen LogP contribution is -2.12. The maximum Gasteiger partial charge on any atom is 0.286 e. The van der Waals surface area contributed by atoms with Crippen molar-refractivity contribution in [3.8, 4) is 0 Å². The molecule has 1 amide bonds. The molecule has 2 aromatic rings. The Balaban J connectivity index is 2.06. The number of hydrogen-bond donors (Lipinski definition) is 2. The Kier molecular flexibility index (Phi) is 5.02. The van der Waals surface area contributed by atoms with Crippen LogP contribution in [0.5, 0.6) is 0 Å². The van der Waals surface area contributed by atoms with E-state index in [4.69, 9.17) is 0 Å². The molecule has 1 aromatic carbocycles. The number of hydrogen-bond acceptors (Lipinski definition) is 5. The van der Waals surface area contributed by atoms with Crippen molar-refractivity contribution in [1.29, 1.82) is 0 Å². The molecule has 0 saturated heterocycles. The highest BCUT2D eigenvalue weighted by Crippen LogP contribution is 2.21. The minimum Gasteiger partial charge on any atom is -0.360 e. The number of nitrogens with zero attached hydrogens (tertiary/aromatic N) is 2. The Morgan fingerprint density at radius 1 is 1.45 bits per heavy atom. The molecule has 0 bridgehead atoms. The van der Waals surface area contributed by atoms with E-state index in [1.54, 1.807) is 6.07 Å². The molecule has 0 aliphatic rings. The number of nitrogens with one attached hydrogen (secondary N) is 2. The van der Waals surface area contributed by atoms with Crippen molar-refractivity contribution in [3.05, 3.63) is 33.5 Å². The lowest BCUT2D eigenvalue weighted by Gasteiger charge is -2.04. The summed E-state index contributed by atoms with van der Waals surface area (Å²) in [7, 11) is 0. The largest absolute Gasteiger partial charge is 0.360 e. The molecule has 106 valence electrons. The third-order valence-corrected chi connectivity index (χ3v) is 3.70. The topological polar surface area (TPSA) is 66.9 Å². The summed E-state index contributed by atoms with van der Waals surface area (Å²) in [4.78, 5) is 11.9. The average molecular weight is 359 g/mol. The average Bonchev–Trinajstić information content (AvgIpc) is 2.88. The number of carbonyl (C=O) groups excluding carboxylic acids is 1. The zero-order chi connectivity index (χ0) is 14.5. The highest BCUT2D eigenvalue weighted by molar-refractivity contribution is 9.10. The quantitative estimate of drug-likeness (QED) is 0.857. The first-order chi connectivity index (χ1) is 9.60. The molecule has 0 aliphatic carbocycles. The zero-order valence-electron chi connectivity index (χ0n) is 10.6. The minimum absolute atomic E-state index is 0.108. The van der Waals surface area contributed by atoms with Gasteiger partial charge in [-0.05, 0) is 24.6 Å². The van der Waals surface area contributed by atoms with Gasteiger partial charge in [0.15, 0.2) is 0 Å². The van der Waals surface area contributed by atoms with Gasteiger partial charge in [-0.1, -0.05) is 34.2 Å². The normalized spacial score (nSPS) is 10.3. The Morgan fingerprint density at radius 2 is 2.25 bits per heavy atom. The number of anilines is 2. The first kappa shape index (κ1) is 14.9. The van der Waals surface area contributed by atoms with Crippen LogP contribution in [0, 0.1) is 5.82 Å². The van der Waals surface area contributed by atoms with Crippen LogP contribution in [0.1, 0.15) is 23.1 Å². The standard InChI is InChI=1S/C12H12BrFN4OS/c1-2-5-15-12-18-17-11(20-12)10(19)16-9-4-3-7(13)6-8(9)14/h3-4,6H,2,5H2,1H3,(H,15,18)(H,16,19). The van der Waals surface area contributed by atoms with Gasteiger partial charge in [-0.25, -0.2) is 4.39 Å². The van der Waals surface area contributed by atoms with Crippen LogP contribution in [-0.2, 0) is 0 Å². The van der Waals surface area contributed by atoms with Gasteiger partial charge in [-0.2, -0.15) is 0 Å². The highest BCUT2D eigenvalue weighted by atomic mass is 79.9. The summed E-state index contributed by atoms with van der Waals surface area (Å²) in [6, 6.07) is 4.41. The van der Waals surface area contributed by atoms with Crippen molar-refractivity contribution in [2.24, 2.45) is 0 Å². The van der Waals surface area contributed by atoms with Crippen LogP contribution in [0.2, 0.25) is 0 Å². The third-order valence-electron chi connectivity index (χ3n) is 2.32. The molecule has 0 spiro atoms. The molecular formula is C12H12BrFN4OS. The van der Waals surface area contributed by atoms with Crippen LogP contribution in [0.4, 0.5) is 15.2 Å². The monoisotopic (exact) mass is 358 g/mol. The SMILES string of the molecule is CCCNc1nnc(C(=O)Nc2ccc(Br)cc2F)s1. The molecule has 1 heterocycles. The number of rotatable bonds is 5. The molecule has 5 nitrogen and oxygen atoms in total. The van der Waals surface area contributed by atoms with Gasteiger partial charge in [0.05, 0.1) is 5.69 Å². The van der Waals surface area contributed by atoms with Gasteiger partial charge in [0.25, 0.3) is 5.91 Å². The van der Waals surface area contributed by atoms with Crippen LogP contribution in [-0.4, -0.2) is 22.6 Å². The van der Waals surface area contributed by atoms with Gasteiger partial charge in [0.1, 0.15) is 5.82 Å². The van der Waals surface area contributed by atoms with Crippen molar-refractivity contribution >= 4 is 44.0 Å². The van der Waals surface area contributed by atoms with Gasteiger partial charge in [0.2, 0.25) is 10.1 Å². The van der Waals surface area contributed by atoms with Gasteiger partial charge in [0, 0.05) is 11.0 Å². The van der Waals surface area contributed by atoms with Crippen LogP contribution >= 0.6 is 27.3 Å². The van der Waals surface area contributed by atoms with E-state index in [2.05, 4.69) is 36.8 Å². The molecule has 0 aliphatic heterocycles. The zero-order valence-corrected chi connectivity index (χ0v) is 13.0. The van der Waals surface area contributed by atoms with Gasteiger partial charge >= 0.3 is 0 Å². The van der Waals surface area contributed by atoms with Crippen LogP contribution in [0.3, 0.4) is 0 Å². The summed E-state index contributed by atoms with van der Waals surface area (Å²) in [5.41, 5.74) is 0.108. The molecule has 20 heavy (non-hydrogen) atoms. The van der Waals surface area contributed by atoms with Gasteiger partial charge < -0.3 is 10.6 Å². The summed E-state index contributed by atoms with van der Waals surface area (Å²) in [6.07, 6.45) is 0.950. The van der Waals surface area contributed by atoms with E-state index in [1.165, 1.54) is 12.1 Å². The fourth-order valence-electron chi connectivity index (χ4n) is 1.38. The summed E-state index contributed by atoms with van der Waals surface area (Å²) < 4.78 is 14.2. The first-order valence-corrected chi connectivity index (χ1v) is 7.55. The number of benzene rings is 1. The molecule has 2 N–H and O–H groups in total. The molecule has 0 radical (unpaired) electrons. The van der Waals surface area contributed by atoms with E-state index in [-0.39, 0.29) is 10.7 Å². The fourth-order valence-corrected chi connectivity index (χ4v) is 2.38. The van der Waals surface area contributed by atoms with Crippen LogP contribution in [0.25, 0.3) is 0 Å². The lowest BCUT2D eigenvalue weighted by atomic mass is 10.3. The second-order valence-corrected chi connectivity index (χ2v) is 5.81.